The Bertz CT molecular complexity index is 755. The van der Waals surface area contributed by atoms with Crippen LogP contribution in [0.3, 0.4) is 0 Å². The molecular weight excluding hydrogens is 456 g/mol. The van der Waals surface area contributed by atoms with E-state index >= 15 is 0 Å². The van der Waals surface area contributed by atoms with Crippen LogP contribution < -0.4 is 11.1 Å². The fourth-order valence-electron chi connectivity index (χ4n) is 9.12. The van der Waals surface area contributed by atoms with Crippen molar-refractivity contribution < 1.29 is 9.53 Å². The average Bonchev–Trinajstić information content (AvgIpc) is 3.15. The molecule has 0 aromatic carbocycles. The quantitative estimate of drug-likeness (QED) is 0.333. The molecule has 35 heavy (non-hydrogen) atoms. The van der Waals surface area contributed by atoms with E-state index in [1.54, 1.807) is 5.57 Å². The van der Waals surface area contributed by atoms with Crippen LogP contribution in [0.15, 0.2) is 11.6 Å². The second-order valence-corrected chi connectivity index (χ2v) is 13.3. The molecular formula is C30H53ClN2O2. The molecule has 3 fully saturated rings. The number of halogens is 1. The summed E-state index contributed by atoms with van der Waals surface area (Å²) in [6.45, 7) is 13.4. The van der Waals surface area contributed by atoms with Gasteiger partial charge in [0.05, 0.1) is 0 Å². The largest absolute Gasteiger partial charge is 0.446 e. The first-order valence-electron chi connectivity index (χ1n) is 14.5. The molecule has 4 nitrogen and oxygen atoms in total. The van der Waals surface area contributed by atoms with Crippen LogP contribution in [0.25, 0.3) is 0 Å². The van der Waals surface area contributed by atoms with Crippen LogP contribution in [-0.2, 0) is 4.74 Å². The number of ether oxygens (including phenoxy) is 1. The van der Waals surface area contributed by atoms with E-state index in [0.29, 0.717) is 23.9 Å². The van der Waals surface area contributed by atoms with E-state index in [9.17, 15) is 4.79 Å². The SMILES string of the molecule is CC(C)CCC[C@@H](C)[C@H]1CCC2C3CC=C4CC(OC(=O)NCCN)CC[C@]4(C)C3CC[C@@]21C.Cl. The molecule has 0 radical (unpaired) electrons. The fraction of sp³-hybridized carbons (Fsp3) is 0.900. The standard InChI is InChI=1S/C30H52N2O2.ClH/c1-20(2)7-6-8-21(3)25-11-12-26-24-10-9-22-19-23(34-28(33)32-18-17-31)13-15-29(22,4)27(24)14-16-30(25,26)5;/h9,20-21,23-27H,6-8,10-19,31H2,1-5H3,(H,32,33);1H/t21-,23?,24?,25-,26?,27?,29+,30-;/m1./s1. The highest BCUT2D eigenvalue weighted by Crippen LogP contribution is 2.67. The van der Waals surface area contributed by atoms with E-state index in [1.165, 1.54) is 51.4 Å². The lowest BCUT2D eigenvalue weighted by molar-refractivity contribution is -0.0581. The summed E-state index contributed by atoms with van der Waals surface area (Å²) in [5.41, 5.74) is 7.93. The van der Waals surface area contributed by atoms with Crippen molar-refractivity contribution in [3.05, 3.63) is 11.6 Å². The van der Waals surface area contributed by atoms with Crippen LogP contribution in [0.5, 0.6) is 0 Å². The molecule has 3 N–H and O–H groups in total. The highest BCUT2D eigenvalue weighted by atomic mass is 35.5. The van der Waals surface area contributed by atoms with Gasteiger partial charge < -0.3 is 15.8 Å². The van der Waals surface area contributed by atoms with E-state index in [4.69, 9.17) is 10.5 Å². The van der Waals surface area contributed by atoms with E-state index < -0.39 is 0 Å². The van der Waals surface area contributed by atoms with Crippen LogP contribution in [0.2, 0.25) is 0 Å². The van der Waals surface area contributed by atoms with Crippen molar-refractivity contribution in [3.8, 4) is 0 Å². The van der Waals surface area contributed by atoms with E-state index in [0.717, 1.165) is 54.8 Å². The molecule has 4 aliphatic rings. The lowest BCUT2D eigenvalue weighted by Crippen LogP contribution is -2.51. The molecule has 3 saturated carbocycles. The average molecular weight is 509 g/mol. The maximum atomic E-state index is 12.1. The summed E-state index contributed by atoms with van der Waals surface area (Å²) in [6.07, 6.45) is 16.5. The van der Waals surface area contributed by atoms with Gasteiger partial charge in [0.1, 0.15) is 6.10 Å². The monoisotopic (exact) mass is 508 g/mol. The number of hydrogen-bond acceptors (Lipinski definition) is 3. The summed E-state index contributed by atoms with van der Waals surface area (Å²) < 4.78 is 5.75. The Morgan fingerprint density at radius 1 is 1.11 bits per heavy atom. The predicted octanol–water partition coefficient (Wildman–Crippen LogP) is 7.50. The molecule has 0 aromatic rings. The number of carbonyl (C=O) groups excluding carboxylic acids is 1. The van der Waals surface area contributed by atoms with Gasteiger partial charge in [-0.15, -0.1) is 12.4 Å². The molecule has 0 aromatic heterocycles. The Morgan fingerprint density at radius 3 is 2.60 bits per heavy atom. The number of rotatable bonds is 8. The summed E-state index contributed by atoms with van der Waals surface area (Å²) in [5.74, 6) is 5.18. The molecule has 202 valence electrons. The zero-order valence-electron chi connectivity index (χ0n) is 23.1. The van der Waals surface area contributed by atoms with Gasteiger partial charge in [0, 0.05) is 19.5 Å². The smallest absolute Gasteiger partial charge is 0.407 e. The first kappa shape index (κ1) is 28.8. The Labute approximate surface area is 221 Å². The summed E-state index contributed by atoms with van der Waals surface area (Å²) in [4.78, 5) is 12.1. The van der Waals surface area contributed by atoms with E-state index in [2.05, 4.69) is 46.0 Å². The second-order valence-electron chi connectivity index (χ2n) is 13.3. The van der Waals surface area contributed by atoms with Crippen molar-refractivity contribution in [2.45, 2.75) is 111 Å². The first-order valence-corrected chi connectivity index (χ1v) is 14.5. The molecule has 1 amide bonds. The Morgan fingerprint density at radius 2 is 1.89 bits per heavy atom. The van der Waals surface area contributed by atoms with Crippen molar-refractivity contribution in [2.24, 2.45) is 52.1 Å². The van der Waals surface area contributed by atoms with Gasteiger partial charge in [-0.05, 0) is 91.3 Å². The normalized spacial score (nSPS) is 38.9. The van der Waals surface area contributed by atoms with Gasteiger partial charge in [-0.1, -0.05) is 65.5 Å². The summed E-state index contributed by atoms with van der Waals surface area (Å²) in [6, 6.07) is 0. The molecule has 0 aliphatic heterocycles. The number of carbonyl (C=O) groups is 1. The minimum absolute atomic E-state index is 0. The maximum Gasteiger partial charge on any atom is 0.407 e. The highest BCUT2D eigenvalue weighted by Gasteiger charge is 2.59. The Balaban J connectivity index is 0.00000342. The Kier molecular flexibility index (Phi) is 9.68. The Hall–Kier alpha value is -0.740. The van der Waals surface area contributed by atoms with Gasteiger partial charge in [0.15, 0.2) is 0 Å². The van der Waals surface area contributed by atoms with E-state index in [-0.39, 0.29) is 24.6 Å². The summed E-state index contributed by atoms with van der Waals surface area (Å²) in [5, 5.41) is 2.76. The molecule has 4 rings (SSSR count). The summed E-state index contributed by atoms with van der Waals surface area (Å²) in [7, 11) is 0. The maximum absolute atomic E-state index is 12.1. The van der Waals surface area contributed by atoms with Crippen molar-refractivity contribution in [1.29, 1.82) is 0 Å². The number of nitrogens with two attached hydrogens (primary N) is 1. The minimum atomic E-state index is -0.304. The number of nitrogens with one attached hydrogen (secondary N) is 1. The molecule has 0 saturated heterocycles. The third-order valence-electron chi connectivity index (χ3n) is 10.9. The second kappa shape index (κ2) is 11.8. The van der Waals surface area contributed by atoms with Crippen LogP contribution in [0.1, 0.15) is 105 Å². The van der Waals surface area contributed by atoms with Crippen LogP contribution in [0, 0.1) is 46.3 Å². The lowest BCUT2D eigenvalue weighted by atomic mass is 9.47. The van der Waals surface area contributed by atoms with Gasteiger partial charge in [-0.25, -0.2) is 4.79 Å². The lowest BCUT2D eigenvalue weighted by Gasteiger charge is -2.58. The third-order valence-corrected chi connectivity index (χ3v) is 10.9. The molecule has 4 aliphatic carbocycles. The molecule has 0 heterocycles. The topological polar surface area (TPSA) is 64.3 Å². The highest BCUT2D eigenvalue weighted by molar-refractivity contribution is 5.85. The van der Waals surface area contributed by atoms with Crippen LogP contribution in [-0.4, -0.2) is 25.3 Å². The number of alkyl carbamates (subject to hydrolysis) is 1. The zero-order chi connectivity index (χ0) is 24.5. The molecule has 0 bridgehead atoms. The molecule has 5 heteroatoms. The molecule has 0 spiro atoms. The third kappa shape index (κ3) is 5.74. The minimum Gasteiger partial charge on any atom is -0.446 e. The number of hydrogen-bond donors (Lipinski definition) is 2. The fourth-order valence-corrected chi connectivity index (χ4v) is 9.12. The van der Waals surface area contributed by atoms with E-state index in [1.807, 2.05) is 0 Å². The van der Waals surface area contributed by atoms with Gasteiger partial charge in [0.25, 0.3) is 0 Å². The van der Waals surface area contributed by atoms with Gasteiger partial charge in [0.2, 0.25) is 0 Å². The van der Waals surface area contributed by atoms with Crippen LogP contribution in [0.4, 0.5) is 4.79 Å². The predicted molar refractivity (Wildman–Crippen MR) is 148 cm³/mol. The summed E-state index contributed by atoms with van der Waals surface area (Å²) >= 11 is 0. The van der Waals surface area contributed by atoms with Crippen LogP contribution >= 0.6 is 12.4 Å². The van der Waals surface area contributed by atoms with Crippen molar-refractivity contribution in [2.75, 3.05) is 13.1 Å². The zero-order valence-corrected chi connectivity index (χ0v) is 23.9. The number of fused-ring (bicyclic) bond motifs is 5. The van der Waals surface area contributed by atoms with Gasteiger partial charge in [-0.2, -0.15) is 0 Å². The molecule has 4 unspecified atom stereocenters. The van der Waals surface area contributed by atoms with Gasteiger partial charge >= 0.3 is 6.09 Å². The first-order chi connectivity index (χ1) is 16.2. The van der Waals surface area contributed by atoms with Gasteiger partial charge in [-0.3, -0.25) is 0 Å². The van der Waals surface area contributed by atoms with Crippen molar-refractivity contribution >= 4 is 18.5 Å². The number of allylic oxidation sites excluding steroid dienone is 1. The number of amides is 1. The van der Waals surface area contributed by atoms with Crippen molar-refractivity contribution in [3.63, 3.8) is 0 Å². The molecule has 8 atom stereocenters. The van der Waals surface area contributed by atoms with Crippen molar-refractivity contribution in [1.82, 2.24) is 5.32 Å².